The second-order valence-electron chi connectivity index (χ2n) is 1.69. The summed E-state index contributed by atoms with van der Waals surface area (Å²) in [5.41, 5.74) is 0. The van der Waals surface area contributed by atoms with Crippen LogP contribution in [-0.2, 0) is 4.79 Å². The third kappa shape index (κ3) is 0.648. The van der Waals surface area contributed by atoms with Gasteiger partial charge in [0.1, 0.15) is 5.92 Å². The summed E-state index contributed by atoms with van der Waals surface area (Å²) in [4.78, 5) is 10.4. The van der Waals surface area contributed by atoms with Crippen LogP contribution in [0, 0.1) is 17.2 Å². The van der Waals surface area contributed by atoms with E-state index in [0.717, 1.165) is 0 Å². The minimum atomic E-state index is -0.435. The zero-order valence-electron chi connectivity index (χ0n) is 4.29. The highest BCUT2D eigenvalue weighted by Gasteiger charge is 2.24. The number of carbonyl (C=O) groups is 1. The first kappa shape index (κ1) is 5.10. The smallest absolute Gasteiger partial charge is 0.258 e. The predicted molar refractivity (Wildman–Crippen MR) is 25.7 cm³/mol. The third-order valence-electron chi connectivity index (χ3n) is 1.14. The van der Waals surface area contributed by atoms with E-state index in [9.17, 15) is 4.79 Å². The molecule has 1 rings (SSSR count). The molecular weight excluding hydrogens is 104 g/mol. The minimum absolute atomic E-state index is 0.243. The summed E-state index contributed by atoms with van der Waals surface area (Å²) in [7, 11) is 0. The lowest BCUT2D eigenvalue weighted by Gasteiger charge is -1.85. The summed E-state index contributed by atoms with van der Waals surface area (Å²) in [6.45, 7) is 0.539. The van der Waals surface area contributed by atoms with Crippen LogP contribution in [0.4, 0.5) is 0 Å². The Morgan fingerprint density at radius 3 is 2.88 bits per heavy atom. The van der Waals surface area contributed by atoms with Gasteiger partial charge >= 0.3 is 0 Å². The Balaban J connectivity index is 2.58. The monoisotopic (exact) mass is 109 g/mol. The second-order valence-corrected chi connectivity index (χ2v) is 1.69. The van der Waals surface area contributed by atoms with Gasteiger partial charge in [0.05, 0.1) is 6.07 Å². The molecule has 0 aliphatic carbocycles. The van der Waals surface area contributed by atoms with Gasteiger partial charge in [0.2, 0.25) is 0 Å². The molecule has 3 nitrogen and oxygen atoms in total. The van der Waals surface area contributed by atoms with E-state index in [2.05, 4.69) is 5.32 Å². The van der Waals surface area contributed by atoms with Crippen molar-refractivity contribution in [3.8, 4) is 6.07 Å². The summed E-state index contributed by atoms with van der Waals surface area (Å²) in [6.07, 6.45) is 0.620. The number of hydrogen-bond acceptors (Lipinski definition) is 2. The van der Waals surface area contributed by atoms with Crippen LogP contribution in [0.1, 0.15) is 6.42 Å². The first-order chi connectivity index (χ1) is 3.84. The fourth-order valence-electron chi connectivity index (χ4n) is 0.657. The number of amides is 1. The lowest BCUT2D eigenvalue weighted by molar-refractivity contribution is -0.121. The van der Waals surface area contributed by atoms with E-state index in [-0.39, 0.29) is 5.91 Å². The van der Waals surface area contributed by atoms with E-state index in [1.54, 1.807) is 0 Å². The lowest BCUT2D eigenvalue weighted by Crippen LogP contribution is -2.10. The molecule has 0 aromatic carbocycles. The highest BCUT2D eigenvalue weighted by molar-refractivity contribution is 5.82. The van der Waals surface area contributed by atoms with Crippen molar-refractivity contribution < 1.29 is 4.79 Å². The maximum Gasteiger partial charge on any atom is 0.258 e. The molecule has 0 aromatic rings. The van der Waals surface area contributed by atoms with Crippen molar-refractivity contribution in [3.63, 3.8) is 0 Å². The number of carbonyl (C=O) groups excluding carboxylic acids is 1. The molecule has 1 atom stereocenters. The Labute approximate surface area is 47.3 Å². The van der Waals surface area contributed by atoms with Crippen LogP contribution < -0.4 is 5.32 Å². The summed E-state index contributed by atoms with van der Waals surface area (Å²) in [6, 6.07) is 1.87. The Bertz CT molecular complexity index is 147. The third-order valence-corrected chi connectivity index (χ3v) is 1.14. The molecule has 1 aliphatic heterocycles. The Morgan fingerprint density at radius 1 is 1.88 bits per heavy atom. The average molecular weight is 109 g/mol. The minimum Gasteiger partial charge on any atom is -0.271 e. The van der Waals surface area contributed by atoms with Crippen LogP contribution in [0.15, 0.2) is 0 Å². The first-order valence-electron chi connectivity index (χ1n) is 2.45. The van der Waals surface area contributed by atoms with E-state index < -0.39 is 5.92 Å². The van der Waals surface area contributed by atoms with E-state index in [4.69, 9.17) is 5.26 Å². The second kappa shape index (κ2) is 1.83. The van der Waals surface area contributed by atoms with Gasteiger partial charge in [0.15, 0.2) is 0 Å². The van der Waals surface area contributed by atoms with Gasteiger partial charge in [0.25, 0.3) is 5.91 Å². The molecule has 3 heteroatoms. The molecule has 1 aliphatic rings. The van der Waals surface area contributed by atoms with Crippen LogP contribution in [0.25, 0.3) is 0 Å². The van der Waals surface area contributed by atoms with Crippen LogP contribution in [-0.4, -0.2) is 12.5 Å². The lowest BCUT2D eigenvalue weighted by atomic mass is 10.1. The zero-order valence-corrected chi connectivity index (χ0v) is 4.29. The SMILES string of the molecule is N#CC1CC[N]C1=O. The quantitative estimate of drug-likeness (QED) is 0.427. The molecular formula is C5H5N2O. The van der Waals surface area contributed by atoms with Gasteiger partial charge in [-0.3, -0.25) is 10.1 Å². The van der Waals surface area contributed by atoms with Gasteiger partial charge in [-0.25, -0.2) is 0 Å². The van der Waals surface area contributed by atoms with Crippen LogP contribution >= 0.6 is 0 Å². The van der Waals surface area contributed by atoms with Gasteiger partial charge in [-0.05, 0) is 6.42 Å². The number of nitriles is 1. The molecule has 8 heavy (non-hydrogen) atoms. The average Bonchev–Trinajstić information content (AvgIpc) is 2.14. The molecule has 1 unspecified atom stereocenters. The normalized spacial score (nSPS) is 26.9. The van der Waals surface area contributed by atoms with Gasteiger partial charge in [-0.2, -0.15) is 5.26 Å². The molecule has 1 saturated heterocycles. The van der Waals surface area contributed by atoms with Gasteiger partial charge < -0.3 is 0 Å². The molecule has 1 fully saturated rings. The summed E-state index contributed by atoms with van der Waals surface area (Å²) < 4.78 is 0. The Kier molecular flexibility index (Phi) is 1.17. The van der Waals surface area contributed by atoms with Crippen LogP contribution in [0.2, 0.25) is 0 Å². The van der Waals surface area contributed by atoms with E-state index in [0.29, 0.717) is 13.0 Å². The van der Waals surface area contributed by atoms with Gasteiger partial charge in [-0.1, -0.05) is 0 Å². The van der Waals surface area contributed by atoms with Crippen molar-refractivity contribution in [2.24, 2.45) is 5.92 Å². The summed E-state index contributed by atoms with van der Waals surface area (Å²) in [5.74, 6) is -0.678. The molecule has 0 aromatic heterocycles. The molecule has 0 bridgehead atoms. The van der Waals surface area contributed by atoms with Gasteiger partial charge in [0, 0.05) is 6.54 Å². The van der Waals surface area contributed by atoms with Crippen molar-refractivity contribution in [1.82, 2.24) is 5.32 Å². The van der Waals surface area contributed by atoms with Crippen LogP contribution in [0.3, 0.4) is 0 Å². The molecule has 0 spiro atoms. The highest BCUT2D eigenvalue weighted by Crippen LogP contribution is 2.07. The van der Waals surface area contributed by atoms with Crippen molar-refractivity contribution in [1.29, 1.82) is 5.26 Å². The summed E-state index contributed by atoms with van der Waals surface area (Å²) in [5, 5.41) is 11.7. The summed E-state index contributed by atoms with van der Waals surface area (Å²) >= 11 is 0. The standard InChI is InChI=1S/C5H5N2O/c6-3-4-1-2-7-5(4)8/h4H,1-2H2. The van der Waals surface area contributed by atoms with Crippen LogP contribution in [0.5, 0.6) is 0 Å². The largest absolute Gasteiger partial charge is 0.271 e. The molecule has 41 valence electrons. The Hall–Kier alpha value is -1.04. The molecule has 1 heterocycles. The van der Waals surface area contributed by atoms with E-state index >= 15 is 0 Å². The van der Waals surface area contributed by atoms with Crippen molar-refractivity contribution in [3.05, 3.63) is 0 Å². The van der Waals surface area contributed by atoms with Crippen molar-refractivity contribution in [2.45, 2.75) is 6.42 Å². The fraction of sp³-hybridized carbons (Fsp3) is 0.600. The maximum atomic E-state index is 10.4. The maximum absolute atomic E-state index is 10.4. The van der Waals surface area contributed by atoms with Gasteiger partial charge in [-0.15, -0.1) is 0 Å². The molecule has 0 saturated carbocycles. The molecule has 0 N–H and O–H groups in total. The zero-order chi connectivity index (χ0) is 5.98. The number of hydrogen-bond donors (Lipinski definition) is 0. The topological polar surface area (TPSA) is 55.0 Å². The van der Waals surface area contributed by atoms with Crippen molar-refractivity contribution in [2.75, 3.05) is 6.54 Å². The van der Waals surface area contributed by atoms with E-state index in [1.807, 2.05) is 6.07 Å². The number of nitrogens with zero attached hydrogens (tertiary/aromatic N) is 2. The van der Waals surface area contributed by atoms with Crippen molar-refractivity contribution >= 4 is 5.91 Å². The first-order valence-corrected chi connectivity index (χ1v) is 2.45. The Morgan fingerprint density at radius 2 is 2.62 bits per heavy atom. The highest BCUT2D eigenvalue weighted by atomic mass is 16.2. The van der Waals surface area contributed by atoms with E-state index in [1.165, 1.54) is 0 Å². The number of rotatable bonds is 0. The predicted octanol–water partition coefficient (Wildman–Crippen LogP) is -0.339. The molecule has 1 radical (unpaired) electrons. The molecule has 1 amide bonds. The fourth-order valence-corrected chi connectivity index (χ4v) is 0.657.